The molecule has 4 heteroatoms. The first-order valence-corrected chi connectivity index (χ1v) is 6.13. The topological polar surface area (TPSA) is 30.5 Å². The quantitative estimate of drug-likeness (QED) is 0.762. The van der Waals surface area contributed by atoms with Crippen LogP contribution in [0.1, 0.15) is 24.9 Å². The van der Waals surface area contributed by atoms with Crippen LogP contribution in [-0.2, 0) is 9.47 Å². The lowest BCUT2D eigenvalue weighted by molar-refractivity contribution is -0.0999. The Balaban J connectivity index is 2.59. The van der Waals surface area contributed by atoms with Crippen LogP contribution in [0, 0.1) is 0 Å². The van der Waals surface area contributed by atoms with Gasteiger partial charge in [0.1, 0.15) is 0 Å². The predicted molar refractivity (Wildman–Crippen MR) is 70.3 cm³/mol. The van der Waals surface area contributed by atoms with E-state index in [1.807, 2.05) is 18.2 Å². The first-order valence-electron chi connectivity index (χ1n) is 5.75. The van der Waals surface area contributed by atoms with Crippen molar-refractivity contribution in [3.8, 4) is 0 Å². The molecule has 0 spiro atoms. The lowest BCUT2D eigenvalue weighted by atomic mass is 10.0. The van der Waals surface area contributed by atoms with Crippen molar-refractivity contribution in [2.24, 2.45) is 0 Å². The fourth-order valence-electron chi connectivity index (χ4n) is 1.72. The van der Waals surface area contributed by atoms with Gasteiger partial charge in [0.25, 0.3) is 0 Å². The number of methoxy groups -OCH3 is 2. The average molecular weight is 258 g/mol. The van der Waals surface area contributed by atoms with Gasteiger partial charge < -0.3 is 14.8 Å². The van der Waals surface area contributed by atoms with Crippen LogP contribution in [0.15, 0.2) is 24.3 Å². The van der Waals surface area contributed by atoms with E-state index in [0.717, 1.165) is 11.4 Å². The van der Waals surface area contributed by atoms with Crippen LogP contribution in [0.4, 0.5) is 0 Å². The molecule has 0 fully saturated rings. The standard InChI is InChI=1S/C13H20ClNO2/c1-4-12(15-9-13(16-2)17-3)10-6-5-7-11(14)8-10/h5-8,12-13,15H,4,9H2,1-3H3. The van der Waals surface area contributed by atoms with E-state index in [1.54, 1.807) is 14.2 Å². The van der Waals surface area contributed by atoms with Crippen LogP contribution < -0.4 is 5.32 Å². The highest BCUT2D eigenvalue weighted by atomic mass is 35.5. The molecule has 1 unspecified atom stereocenters. The second-order valence-electron chi connectivity index (χ2n) is 3.83. The van der Waals surface area contributed by atoms with E-state index in [-0.39, 0.29) is 12.3 Å². The molecule has 0 saturated carbocycles. The third-order valence-electron chi connectivity index (χ3n) is 2.72. The number of nitrogens with one attached hydrogen (secondary N) is 1. The molecule has 1 rings (SSSR count). The normalized spacial score (nSPS) is 13.0. The van der Waals surface area contributed by atoms with Crippen molar-refractivity contribution in [2.45, 2.75) is 25.7 Å². The van der Waals surface area contributed by atoms with Gasteiger partial charge in [-0.25, -0.2) is 0 Å². The molecule has 0 bridgehead atoms. The highest BCUT2D eigenvalue weighted by molar-refractivity contribution is 6.30. The van der Waals surface area contributed by atoms with E-state index >= 15 is 0 Å². The highest BCUT2D eigenvalue weighted by Crippen LogP contribution is 2.20. The van der Waals surface area contributed by atoms with Crippen molar-refractivity contribution in [3.63, 3.8) is 0 Å². The van der Waals surface area contributed by atoms with E-state index in [2.05, 4.69) is 18.3 Å². The lowest BCUT2D eigenvalue weighted by Crippen LogP contribution is -2.32. The van der Waals surface area contributed by atoms with Gasteiger partial charge in [0.15, 0.2) is 6.29 Å². The summed E-state index contributed by atoms with van der Waals surface area (Å²) in [6.07, 6.45) is 0.767. The Morgan fingerprint density at radius 2 is 2.00 bits per heavy atom. The summed E-state index contributed by atoms with van der Waals surface area (Å²) in [5.41, 5.74) is 1.19. The molecule has 3 nitrogen and oxygen atoms in total. The largest absolute Gasteiger partial charge is 0.355 e. The minimum Gasteiger partial charge on any atom is -0.355 e. The monoisotopic (exact) mass is 257 g/mol. The van der Waals surface area contributed by atoms with E-state index in [0.29, 0.717) is 6.54 Å². The average Bonchev–Trinajstić information content (AvgIpc) is 2.35. The maximum absolute atomic E-state index is 5.99. The molecular formula is C13H20ClNO2. The van der Waals surface area contributed by atoms with Crippen molar-refractivity contribution in [3.05, 3.63) is 34.9 Å². The maximum Gasteiger partial charge on any atom is 0.169 e. The van der Waals surface area contributed by atoms with Gasteiger partial charge in [0.2, 0.25) is 0 Å². The van der Waals surface area contributed by atoms with Crippen LogP contribution in [0.3, 0.4) is 0 Å². The Kier molecular flexibility index (Phi) is 6.52. The summed E-state index contributed by atoms with van der Waals surface area (Å²) in [5.74, 6) is 0. The molecule has 0 heterocycles. The van der Waals surface area contributed by atoms with E-state index < -0.39 is 0 Å². The first kappa shape index (κ1) is 14.5. The van der Waals surface area contributed by atoms with Crippen LogP contribution in [0.25, 0.3) is 0 Å². The van der Waals surface area contributed by atoms with Crippen LogP contribution in [-0.4, -0.2) is 27.1 Å². The minimum absolute atomic E-state index is 0.219. The van der Waals surface area contributed by atoms with Crippen LogP contribution in [0.2, 0.25) is 5.02 Å². The zero-order chi connectivity index (χ0) is 12.7. The Morgan fingerprint density at radius 3 is 2.53 bits per heavy atom. The van der Waals surface area contributed by atoms with Gasteiger partial charge in [0, 0.05) is 31.8 Å². The van der Waals surface area contributed by atoms with Crippen molar-refractivity contribution in [2.75, 3.05) is 20.8 Å². The molecule has 0 aliphatic rings. The molecule has 1 atom stereocenters. The molecule has 1 N–H and O–H groups in total. The van der Waals surface area contributed by atoms with Gasteiger partial charge in [-0.3, -0.25) is 0 Å². The number of halogens is 1. The second kappa shape index (κ2) is 7.67. The zero-order valence-electron chi connectivity index (χ0n) is 10.6. The van der Waals surface area contributed by atoms with E-state index in [1.165, 1.54) is 5.56 Å². The molecule has 0 aliphatic carbocycles. The molecule has 0 aromatic heterocycles. The second-order valence-corrected chi connectivity index (χ2v) is 4.26. The Morgan fingerprint density at radius 1 is 1.29 bits per heavy atom. The zero-order valence-corrected chi connectivity index (χ0v) is 11.3. The fraction of sp³-hybridized carbons (Fsp3) is 0.538. The molecule has 1 aromatic carbocycles. The van der Waals surface area contributed by atoms with Crippen molar-refractivity contribution >= 4 is 11.6 Å². The molecule has 17 heavy (non-hydrogen) atoms. The Bertz CT molecular complexity index is 329. The summed E-state index contributed by atoms with van der Waals surface area (Å²) in [7, 11) is 3.27. The summed E-state index contributed by atoms with van der Waals surface area (Å²) >= 11 is 5.99. The fourth-order valence-corrected chi connectivity index (χ4v) is 1.92. The molecule has 0 radical (unpaired) electrons. The van der Waals surface area contributed by atoms with Crippen molar-refractivity contribution in [1.29, 1.82) is 0 Å². The van der Waals surface area contributed by atoms with Crippen molar-refractivity contribution < 1.29 is 9.47 Å². The molecule has 0 aliphatic heterocycles. The highest BCUT2D eigenvalue weighted by Gasteiger charge is 2.12. The molecule has 0 saturated heterocycles. The van der Waals surface area contributed by atoms with Gasteiger partial charge >= 0.3 is 0 Å². The Labute approximate surface area is 108 Å². The molecule has 96 valence electrons. The lowest BCUT2D eigenvalue weighted by Gasteiger charge is -2.21. The van der Waals surface area contributed by atoms with Gasteiger partial charge in [0.05, 0.1) is 0 Å². The van der Waals surface area contributed by atoms with Crippen LogP contribution >= 0.6 is 11.6 Å². The SMILES string of the molecule is CCC(NCC(OC)OC)c1cccc(Cl)c1. The van der Waals surface area contributed by atoms with Gasteiger partial charge in [-0.2, -0.15) is 0 Å². The summed E-state index contributed by atoms with van der Waals surface area (Å²) in [6, 6.07) is 8.16. The number of hydrogen-bond acceptors (Lipinski definition) is 3. The van der Waals surface area contributed by atoms with Gasteiger partial charge in [-0.1, -0.05) is 30.7 Å². The summed E-state index contributed by atoms with van der Waals surface area (Å²) in [5, 5.41) is 4.17. The first-order chi connectivity index (χ1) is 8.21. The van der Waals surface area contributed by atoms with Crippen LogP contribution in [0.5, 0.6) is 0 Å². The third kappa shape index (κ3) is 4.64. The summed E-state index contributed by atoms with van der Waals surface area (Å²) < 4.78 is 10.3. The van der Waals surface area contributed by atoms with Gasteiger partial charge in [-0.05, 0) is 24.1 Å². The van der Waals surface area contributed by atoms with E-state index in [9.17, 15) is 0 Å². The predicted octanol–water partition coefficient (Wildman–Crippen LogP) is 3.00. The number of benzene rings is 1. The maximum atomic E-state index is 5.99. The molecular weight excluding hydrogens is 238 g/mol. The number of ether oxygens (including phenoxy) is 2. The van der Waals surface area contributed by atoms with Crippen molar-refractivity contribution in [1.82, 2.24) is 5.32 Å². The summed E-state index contributed by atoms with van der Waals surface area (Å²) in [4.78, 5) is 0. The van der Waals surface area contributed by atoms with Gasteiger partial charge in [-0.15, -0.1) is 0 Å². The third-order valence-corrected chi connectivity index (χ3v) is 2.95. The smallest absolute Gasteiger partial charge is 0.169 e. The summed E-state index contributed by atoms with van der Waals surface area (Å²) in [6.45, 7) is 2.78. The minimum atomic E-state index is -0.219. The molecule has 0 amide bonds. The Hall–Kier alpha value is -0.610. The number of rotatable bonds is 7. The number of hydrogen-bond donors (Lipinski definition) is 1. The molecule has 1 aromatic rings. The van der Waals surface area contributed by atoms with E-state index in [4.69, 9.17) is 21.1 Å².